The van der Waals surface area contributed by atoms with Crippen LogP contribution in [0, 0.1) is 0 Å². The van der Waals surface area contributed by atoms with Crippen molar-refractivity contribution in [2.45, 2.75) is 96.8 Å². The maximum Gasteiger partial charge on any atom is 0.248 e. The Morgan fingerprint density at radius 1 is 0.742 bits per heavy atom. The molecule has 31 heavy (non-hydrogen) atoms. The number of unbranched alkanes of at least 4 members (excludes halogenated alkanes) is 13. The Morgan fingerprint density at radius 3 is 1.87 bits per heavy atom. The molecule has 0 fully saturated rings. The van der Waals surface area contributed by atoms with Crippen LogP contribution in [0.15, 0.2) is 36.7 Å². The number of nitrogens with one attached hydrogen (secondary N) is 1. The Bertz CT molecular complexity index is 693. The molecule has 0 aliphatic rings. The lowest BCUT2D eigenvalue weighted by atomic mass is 10.0. The minimum Gasteiger partial charge on any atom is -0.437 e. The van der Waals surface area contributed by atoms with Crippen molar-refractivity contribution in [2.75, 3.05) is 17.6 Å². The average molecular weight is 427 g/mol. The van der Waals surface area contributed by atoms with Gasteiger partial charge in [-0.05, 0) is 18.6 Å². The fourth-order valence-electron chi connectivity index (χ4n) is 3.73. The lowest BCUT2D eigenvalue weighted by Gasteiger charge is -2.11. The fourth-order valence-corrected chi connectivity index (χ4v) is 3.73. The number of hydrogen-bond acceptors (Lipinski definition) is 5. The van der Waals surface area contributed by atoms with Crippen molar-refractivity contribution in [2.24, 2.45) is 0 Å². The topological polar surface area (TPSA) is 73.1 Å². The van der Waals surface area contributed by atoms with E-state index in [1.165, 1.54) is 89.8 Å². The smallest absolute Gasteiger partial charge is 0.248 e. The molecule has 172 valence electrons. The quantitative estimate of drug-likeness (QED) is 0.238. The zero-order chi connectivity index (χ0) is 22.0. The maximum absolute atomic E-state index is 6.18. The number of rotatable bonds is 18. The van der Waals surface area contributed by atoms with Crippen LogP contribution >= 0.6 is 0 Å². The number of nitrogens with zero attached hydrogens (tertiary/aromatic N) is 2. The van der Waals surface area contributed by atoms with Gasteiger partial charge in [0, 0.05) is 6.54 Å². The van der Waals surface area contributed by atoms with Gasteiger partial charge in [-0.25, -0.2) is 4.98 Å². The first-order valence-electron chi connectivity index (χ1n) is 12.4. The first-order valence-corrected chi connectivity index (χ1v) is 12.4. The zero-order valence-corrected chi connectivity index (χ0v) is 19.5. The van der Waals surface area contributed by atoms with Crippen molar-refractivity contribution in [3.05, 3.63) is 36.7 Å². The summed E-state index contributed by atoms with van der Waals surface area (Å²) >= 11 is 0. The molecule has 0 saturated heterocycles. The second kappa shape index (κ2) is 16.4. The normalized spacial score (nSPS) is 10.9. The van der Waals surface area contributed by atoms with E-state index in [2.05, 4.69) is 22.2 Å². The standard InChI is InChI=1S/C26H42N4O/c1-2-3-4-5-6-7-8-9-10-11-12-13-14-18-21-28-25-24(27)26(30-22-29-25)31-23-19-16-15-17-20-23/h15-17,19-20,22H,2-14,18,21,27H2,1H3,(H,28,29,30). The molecule has 0 aliphatic heterocycles. The van der Waals surface area contributed by atoms with Gasteiger partial charge in [-0.2, -0.15) is 4.98 Å². The summed E-state index contributed by atoms with van der Waals surface area (Å²) in [7, 11) is 0. The van der Waals surface area contributed by atoms with Crippen LogP contribution in [-0.4, -0.2) is 16.5 Å². The van der Waals surface area contributed by atoms with Crippen LogP contribution in [0.1, 0.15) is 96.8 Å². The van der Waals surface area contributed by atoms with Gasteiger partial charge >= 0.3 is 0 Å². The van der Waals surface area contributed by atoms with E-state index >= 15 is 0 Å². The molecular weight excluding hydrogens is 384 g/mol. The first-order chi connectivity index (χ1) is 15.3. The molecule has 2 aromatic rings. The molecular formula is C26H42N4O. The van der Waals surface area contributed by atoms with E-state index in [1.807, 2.05) is 30.3 Å². The van der Waals surface area contributed by atoms with E-state index in [4.69, 9.17) is 10.5 Å². The lowest BCUT2D eigenvalue weighted by molar-refractivity contribution is 0.464. The van der Waals surface area contributed by atoms with E-state index in [9.17, 15) is 0 Å². The summed E-state index contributed by atoms with van der Waals surface area (Å²) < 4.78 is 5.76. The predicted octanol–water partition coefficient (Wildman–Crippen LogP) is 7.74. The third-order valence-corrected chi connectivity index (χ3v) is 5.63. The van der Waals surface area contributed by atoms with E-state index in [-0.39, 0.29) is 0 Å². The highest BCUT2D eigenvalue weighted by atomic mass is 16.5. The molecule has 0 radical (unpaired) electrons. The highest BCUT2D eigenvalue weighted by Crippen LogP contribution is 2.28. The maximum atomic E-state index is 6.18. The van der Waals surface area contributed by atoms with E-state index in [1.54, 1.807) is 0 Å². The zero-order valence-electron chi connectivity index (χ0n) is 19.5. The monoisotopic (exact) mass is 426 g/mol. The summed E-state index contributed by atoms with van der Waals surface area (Å²) in [6.07, 6.45) is 20.6. The first kappa shape index (κ1) is 25.0. The minimum atomic E-state index is 0.393. The van der Waals surface area contributed by atoms with Crippen LogP contribution in [0.3, 0.4) is 0 Å². The molecule has 5 heteroatoms. The van der Waals surface area contributed by atoms with Crippen molar-refractivity contribution in [3.63, 3.8) is 0 Å². The number of benzene rings is 1. The predicted molar refractivity (Wildman–Crippen MR) is 132 cm³/mol. The van der Waals surface area contributed by atoms with Gasteiger partial charge < -0.3 is 15.8 Å². The molecule has 2 rings (SSSR count). The van der Waals surface area contributed by atoms with Crippen LogP contribution in [0.2, 0.25) is 0 Å². The number of ether oxygens (including phenoxy) is 1. The Hall–Kier alpha value is -2.30. The number of para-hydroxylation sites is 1. The molecule has 0 bridgehead atoms. The number of aromatic nitrogens is 2. The third-order valence-electron chi connectivity index (χ3n) is 5.63. The minimum absolute atomic E-state index is 0.393. The van der Waals surface area contributed by atoms with Gasteiger partial charge in [0.15, 0.2) is 5.82 Å². The molecule has 1 aromatic heterocycles. The largest absolute Gasteiger partial charge is 0.437 e. The lowest BCUT2D eigenvalue weighted by Crippen LogP contribution is -2.08. The Balaban J connectivity index is 1.47. The van der Waals surface area contributed by atoms with Gasteiger partial charge in [0.1, 0.15) is 17.8 Å². The molecule has 5 nitrogen and oxygen atoms in total. The Kier molecular flexibility index (Phi) is 13.2. The van der Waals surface area contributed by atoms with Gasteiger partial charge in [0.25, 0.3) is 0 Å². The summed E-state index contributed by atoms with van der Waals surface area (Å²) in [5.74, 6) is 1.76. The van der Waals surface area contributed by atoms with Crippen LogP contribution < -0.4 is 15.8 Å². The summed E-state index contributed by atoms with van der Waals surface area (Å²) in [5, 5.41) is 3.33. The van der Waals surface area contributed by atoms with Crippen LogP contribution in [0.25, 0.3) is 0 Å². The number of anilines is 2. The molecule has 0 unspecified atom stereocenters. The molecule has 1 heterocycles. The van der Waals surface area contributed by atoms with Gasteiger partial charge in [-0.3, -0.25) is 0 Å². The average Bonchev–Trinajstić information content (AvgIpc) is 2.79. The molecule has 0 aliphatic carbocycles. The third kappa shape index (κ3) is 11.0. The molecule has 0 saturated carbocycles. The summed E-state index contributed by atoms with van der Waals surface area (Å²) in [6.45, 7) is 3.15. The van der Waals surface area contributed by atoms with Gasteiger partial charge in [-0.1, -0.05) is 109 Å². The van der Waals surface area contributed by atoms with Crippen LogP contribution in [-0.2, 0) is 0 Å². The summed E-state index contributed by atoms with van der Waals surface area (Å²) in [6, 6.07) is 9.54. The number of nitrogen functional groups attached to an aromatic ring is 1. The molecule has 0 spiro atoms. The van der Waals surface area contributed by atoms with Gasteiger partial charge in [-0.15, -0.1) is 0 Å². The van der Waals surface area contributed by atoms with Crippen molar-refractivity contribution in [3.8, 4) is 11.6 Å². The van der Waals surface area contributed by atoms with Gasteiger partial charge in [0.05, 0.1) is 0 Å². The summed E-state index contributed by atoms with van der Waals surface area (Å²) in [4.78, 5) is 8.41. The highest BCUT2D eigenvalue weighted by molar-refractivity contribution is 5.66. The molecule has 0 atom stereocenters. The SMILES string of the molecule is CCCCCCCCCCCCCCCCNc1ncnc(Oc2ccccc2)c1N. The van der Waals surface area contributed by atoms with E-state index in [0.717, 1.165) is 13.0 Å². The molecule has 3 N–H and O–H groups in total. The fraction of sp³-hybridized carbons (Fsp3) is 0.615. The van der Waals surface area contributed by atoms with Gasteiger partial charge in [0.2, 0.25) is 5.88 Å². The molecule has 1 aromatic carbocycles. The van der Waals surface area contributed by atoms with E-state index < -0.39 is 0 Å². The van der Waals surface area contributed by atoms with Crippen LogP contribution in [0.4, 0.5) is 11.5 Å². The van der Waals surface area contributed by atoms with E-state index in [0.29, 0.717) is 23.1 Å². The van der Waals surface area contributed by atoms with Crippen LogP contribution in [0.5, 0.6) is 11.6 Å². The van der Waals surface area contributed by atoms with Crippen molar-refractivity contribution < 1.29 is 4.74 Å². The Labute approximate surface area is 189 Å². The molecule has 0 amide bonds. The number of hydrogen-bond donors (Lipinski definition) is 2. The van der Waals surface area contributed by atoms with Crippen molar-refractivity contribution >= 4 is 11.5 Å². The van der Waals surface area contributed by atoms with Crippen molar-refractivity contribution in [1.29, 1.82) is 0 Å². The Morgan fingerprint density at radius 2 is 1.29 bits per heavy atom. The second-order valence-electron chi connectivity index (χ2n) is 8.38. The highest BCUT2D eigenvalue weighted by Gasteiger charge is 2.09. The second-order valence-corrected chi connectivity index (χ2v) is 8.38. The summed E-state index contributed by atoms with van der Waals surface area (Å²) in [5.41, 5.74) is 6.63. The number of nitrogens with two attached hydrogens (primary N) is 1. The van der Waals surface area contributed by atoms with Crippen molar-refractivity contribution in [1.82, 2.24) is 9.97 Å².